The van der Waals surface area contributed by atoms with E-state index in [9.17, 15) is 19.2 Å². The SMILES string of the molecule is C[C@H](NC(=O)COC(=O)[C@H](C)N1C(=O)[C@@H]2[C@H]3C[C@@H]([C@H](Br)[C@H]3Br)[C@H]2C1=O)c1ccccc1. The van der Waals surface area contributed by atoms with E-state index in [0.717, 1.165) is 16.9 Å². The maximum absolute atomic E-state index is 13.0. The van der Waals surface area contributed by atoms with Gasteiger partial charge in [-0.3, -0.25) is 19.3 Å². The second kappa shape index (κ2) is 8.65. The first kappa shape index (κ1) is 22.5. The minimum Gasteiger partial charge on any atom is -0.454 e. The number of nitrogens with zero attached hydrogens (tertiary/aromatic N) is 1. The van der Waals surface area contributed by atoms with E-state index < -0.39 is 24.5 Å². The number of hydrogen-bond acceptors (Lipinski definition) is 5. The topological polar surface area (TPSA) is 92.8 Å². The van der Waals surface area contributed by atoms with Crippen molar-refractivity contribution in [1.29, 1.82) is 0 Å². The third-order valence-corrected chi connectivity index (χ3v) is 9.98. The van der Waals surface area contributed by atoms with Gasteiger partial charge >= 0.3 is 5.97 Å². The minimum atomic E-state index is -1.06. The standard InChI is InChI=1S/C22H24Br2N2O5/c1-10(12-6-4-3-5-7-12)25-15(27)9-31-22(30)11(2)26-20(28)16-13-8-14(17(16)21(26)29)19(24)18(13)23/h3-7,10-11,13-14,16-19H,8-9H2,1-2H3,(H,25,27)/t10-,11-,13+,14+,16+,17+,18-,19-/m0/s1. The summed E-state index contributed by atoms with van der Waals surface area (Å²) in [4.78, 5) is 52.1. The van der Waals surface area contributed by atoms with Crippen molar-refractivity contribution in [3.8, 4) is 0 Å². The number of benzene rings is 1. The van der Waals surface area contributed by atoms with Crippen LogP contribution in [0.2, 0.25) is 0 Å². The van der Waals surface area contributed by atoms with E-state index in [0.29, 0.717) is 0 Å². The zero-order chi connectivity index (χ0) is 22.4. The molecule has 4 rings (SSSR count). The van der Waals surface area contributed by atoms with Crippen LogP contribution in [0.5, 0.6) is 0 Å². The number of esters is 1. The molecule has 166 valence electrons. The predicted octanol–water partition coefficient (Wildman–Crippen LogP) is 2.57. The Hall–Kier alpha value is -1.74. The fraction of sp³-hybridized carbons (Fsp3) is 0.545. The molecule has 9 heteroatoms. The summed E-state index contributed by atoms with van der Waals surface area (Å²) in [7, 11) is 0. The van der Waals surface area contributed by atoms with E-state index >= 15 is 0 Å². The van der Waals surface area contributed by atoms with Gasteiger partial charge in [-0.1, -0.05) is 62.2 Å². The first-order valence-corrected chi connectivity index (χ1v) is 12.2. The highest BCUT2D eigenvalue weighted by Crippen LogP contribution is 2.60. The van der Waals surface area contributed by atoms with E-state index in [-0.39, 0.29) is 51.2 Å². The molecular weight excluding hydrogens is 532 g/mol. The maximum Gasteiger partial charge on any atom is 0.329 e. The number of likely N-dealkylation sites (tertiary alicyclic amines) is 1. The molecule has 3 aliphatic rings. The van der Waals surface area contributed by atoms with Crippen LogP contribution in [0.15, 0.2) is 30.3 Å². The first-order valence-electron chi connectivity index (χ1n) is 10.4. The van der Waals surface area contributed by atoms with Gasteiger partial charge in [0.25, 0.3) is 5.91 Å². The summed E-state index contributed by atoms with van der Waals surface area (Å²) >= 11 is 7.29. The molecule has 2 aliphatic carbocycles. The van der Waals surface area contributed by atoms with Gasteiger partial charge in [-0.25, -0.2) is 4.79 Å². The molecule has 2 saturated carbocycles. The van der Waals surface area contributed by atoms with E-state index in [2.05, 4.69) is 37.2 Å². The minimum absolute atomic E-state index is 0.0781. The summed E-state index contributed by atoms with van der Waals surface area (Å²) in [6, 6.07) is 8.12. The summed E-state index contributed by atoms with van der Waals surface area (Å²) in [6.45, 7) is 2.84. The fourth-order valence-electron chi connectivity index (χ4n) is 5.22. The number of carbonyl (C=O) groups excluding carboxylic acids is 4. The Bertz CT molecular complexity index is 878. The molecule has 1 aliphatic heterocycles. The lowest BCUT2D eigenvalue weighted by Gasteiger charge is -2.28. The van der Waals surface area contributed by atoms with Crippen LogP contribution in [0.1, 0.15) is 31.9 Å². The van der Waals surface area contributed by atoms with Crippen molar-refractivity contribution in [2.75, 3.05) is 6.61 Å². The van der Waals surface area contributed by atoms with E-state index in [1.54, 1.807) is 0 Å². The van der Waals surface area contributed by atoms with E-state index in [4.69, 9.17) is 4.74 Å². The lowest BCUT2D eigenvalue weighted by molar-refractivity contribution is -0.160. The van der Waals surface area contributed by atoms with Crippen molar-refractivity contribution in [2.24, 2.45) is 23.7 Å². The normalized spacial score (nSPS) is 33.2. The van der Waals surface area contributed by atoms with Gasteiger partial charge in [0.2, 0.25) is 11.8 Å². The van der Waals surface area contributed by atoms with Crippen LogP contribution in [0.3, 0.4) is 0 Å². The average molecular weight is 556 g/mol. The Labute approximate surface area is 197 Å². The molecule has 7 nitrogen and oxygen atoms in total. The van der Waals surface area contributed by atoms with Crippen LogP contribution in [0.25, 0.3) is 0 Å². The Balaban J connectivity index is 1.34. The van der Waals surface area contributed by atoms with Gasteiger partial charge in [-0.15, -0.1) is 0 Å². The molecular formula is C22H24Br2N2O5. The number of halogens is 2. The molecule has 0 radical (unpaired) electrons. The molecule has 1 heterocycles. The number of nitrogens with one attached hydrogen (secondary N) is 1. The molecule has 31 heavy (non-hydrogen) atoms. The third-order valence-electron chi connectivity index (χ3n) is 6.77. The molecule has 3 amide bonds. The van der Waals surface area contributed by atoms with Gasteiger partial charge in [0.1, 0.15) is 6.04 Å². The molecule has 3 fully saturated rings. The van der Waals surface area contributed by atoms with Crippen molar-refractivity contribution < 1.29 is 23.9 Å². The predicted molar refractivity (Wildman–Crippen MR) is 119 cm³/mol. The Morgan fingerprint density at radius 1 is 1.06 bits per heavy atom. The Morgan fingerprint density at radius 3 is 2.16 bits per heavy atom. The molecule has 8 atom stereocenters. The summed E-state index contributed by atoms with van der Waals surface area (Å²) in [5.74, 6) is -2.45. The van der Waals surface area contributed by atoms with Crippen LogP contribution in [0.4, 0.5) is 0 Å². The zero-order valence-corrected chi connectivity index (χ0v) is 20.3. The number of ether oxygens (including phenoxy) is 1. The van der Waals surface area contributed by atoms with Crippen LogP contribution < -0.4 is 5.32 Å². The lowest BCUT2D eigenvalue weighted by atomic mass is 9.81. The molecule has 1 aromatic carbocycles. The monoisotopic (exact) mass is 554 g/mol. The van der Waals surface area contributed by atoms with Gasteiger partial charge in [0, 0.05) is 9.65 Å². The number of fused-ring (bicyclic) bond motifs is 5. The largest absolute Gasteiger partial charge is 0.454 e. The molecule has 2 bridgehead atoms. The highest BCUT2D eigenvalue weighted by atomic mass is 79.9. The van der Waals surface area contributed by atoms with Crippen molar-refractivity contribution in [3.63, 3.8) is 0 Å². The Morgan fingerprint density at radius 2 is 1.61 bits per heavy atom. The number of carbonyl (C=O) groups is 4. The maximum atomic E-state index is 13.0. The second-order valence-electron chi connectivity index (χ2n) is 8.53. The van der Waals surface area contributed by atoms with E-state index in [1.807, 2.05) is 37.3 Å². The first-order chi connectivity index (χ1) is 14.7. The molecule has 1 saturated heterocycles. The lowest BCUT2D eigenvalue weighted by Crippen LogP contribution is -2.46. The van der Waals surface area contributed by atoms with Crippen LogP contribution in [-0.2, 0) is 23.9 Å². The van der Waals surface area contributed by atoms with Crippen LogP contribution in [0, 0.1) is 23.7 Å². The number of hydrogen-bond donors (Lipinski definition) is 1. The second-order valence-corrected chi connectivity index (χ2v) is 10.6. The Kier molecular flexibility index (Phi) is 6.27. The van der Waals surface area contributed by atoms with Crippen molar-refractivity contribution in [2.45, 2.75) is 42.0 Å². The number of alkyl halides is 2. The van der Waals surface area contributed by atoms with Gasteiger partial charge in [0.15, 0.2) is 6.61 Å². The number of amides is 3. The quantitative estimate of drug-likeness (QED) is 0.331. The highest BCUT2D eigenvalue weighted by Gasteiger charge is 2.67. The van der Waals surface area contributed by atoms with Gasteiger partial charge < -0.3 is 10.1 Å². The van der Waals surface area contributed by atoms with Gasteiger partial charge in [-0.05, 0) is 37.7 Å². The summed E-state index contributed by atoms with van der Waals surface area (Å²) in [6.07, 6.45) is 0.824. The summed E-state index contributed by atoms with van der Waals surface area (Å²) in [5, 5.41) is 2.77. The fourth-order valence-corrected chi connectivity index (χ4v) is 7.10. The van der Waals surface area contributed by atoms with Crippen molar-refractivity contribution in [1.82, 2.24) is 10.2 Å². The van der Waals surface area contributed by atoms with Crippen molar-refractivity contribution in [3.05, 3.63) is 35.9 Å². The van der Waals surface area contributed by atoms with Crippen molar-refractivity contribution >= 4 is 55.6 Å². The molecule has 1 N–H and O–H groups in total. The number of imide groups is 1. The smallest absolute Gasteiger partial charge is 0.329 e. The molecule has 0 aromatic heterocycles. The molecule has 1 aromatic rings. The van der Waals surface area contributed by atoms with Crippen LogP contribution >= 0.6 is 31.9 Å². The third kappa shape index (κ3) is 3.84. The molecule has 0 spiro atoms. The summed E-state index contributed by atoms with van der Waals surface area (Å²) < 4.78 is 5.13. The van der Waals surface area contributed by atoms with Crippen LogP contribution in [-0.4, -0.2) is 50.9 Å². The number of rotatable bonds is 6. The highest BCUT2D eigenvalue weighted by molar-refractivity contribution is 9.12. The van der Waals surface area contributed by atoms with E-state index in [1.165, 1.54) is 6.92 Å². The molecule has 0 unspecified atom stereocenters. The average Bonchev–Trinajstić information content (AvgIpc) is 3.37. The van der Waals surface area contributed by atoms with Gasteiger partial charge in [-0.2, -0.15) is 0 Å². The summed E-state index contributed by atoms with van der Waals surface area (Å²) in [5.41, 5.74) is 0.931. The zero-order valence-electron chi connectivity index (χ0n) is 17.2. The van der Waals surface area contributed by atoms with Gasteiger partial charge in [0.05, 0.1) is 17.9 Å².